The molecule has 0 saturated heterocycles. The van der Waals surface area contributed by atoms with E-state index in [1.807, 2.05) is 36.4 Å². The van der Waals surface area contributed by atoms with Gasteiger partial charge in [0.1, 0.15) is 0 Å². The summed E-state index contributed by atoms with van der Waals surface area (Å²) in [7, 11) is 3.13. The summed E-state index contributed by atoms with van der Waals surface area (Å²) in [5.41, 5.74) is 3.89. The Kier molecular flexibility index (Phi) is 3.51. The number of ether oxygens (including phenoxy) is 2. The Morgan fingerprint density at radius 3 is 2.48 bits per heavy atom. The molecule has 0 amide bonds. The lowest BCUT2D eigenvalue weighted by Crippen LogP contribution is -2.43. The average molecular weight is 414 g/mol. The number of fused-ring (bicyclic) bond motifs is 4. The first-order valence-corrected chi connectivity index (χ1v) is 10.0. The molecule has 154 valence electrons. The first-order chi connectivity index (χ1) is 15.0. The molecule has 3 aliphatic rings. The summed E-state index contributed by atoms with van der Waals surface area (Å²) in [5.74, 6) is 0.373. The number of para-hydroxylation sites is 1. The molecule has 2 aromatic carbocycles. The Labute approximate surface area is 176 Å². The van der Waals surface area contributed by atoms with Crippen LogP contribution in [0.2, 0.25) is 0 Å². The first-order valence-electron chi connectivity index (χ1n) is 10.0. The molecule has 31 heavy (non-hydrogen) atoms. The molecule has 1 unspecified atom stereocenters. The van der Waals surface area contributed by atoms with Gasteiger partial charge >= 0.3 is 5.69 Å². The highest BCUT2D eigenvalue weighted by Gasteiger charge is 2.43. The zero-order valence-electron chi connectivity index (χ0n) is 17.0. The molecular formula is C24H18N2O5. The average Bonchev–Trinajstić information content (AvgIpc) is 3.38. The largest absolute Gasteiger partial charge is 0.454 e. The van der Waals surface area contributed by atoms with Crippen LogP contribution in [0.1, 0.15) is 38.7 Å². The van der Waals surface area contributed by atoms with Gasteiger partial charge in [0.25, 0.3) is 5.56 Å². The fourth-order valence-electron chi connectivity index (χ4n) is 5.09. The van der Waals surface area contributed by atoms with Crippen LogP contribution in [-0.4, -0.2) is 21.7 Å². The second-order valence-electron chi connectivity index (χ2n) is 8.02. The topological polar surface area (TPSA) is 79.5 Å². The van der Waals surface area contributed by atoms with Crippen molar-refractivity contribution >= 4 is 11.4 Å². The molecule has 1 atom stereocenters. The summed E-state index contributed by atoms with van der Waals surface area (Å²) in [6, 6.07) is 13.0. The number of Topliss-reactive ketones (excluding diaryl/α,β-unsaturated/α-hetero) is 1. The molecule has 7 heteroatoms. The van der Waals surface area contributed by atoms with E-state index in [-0.39, 0.29) is 18.3 Å². The third-order valence-corrected chi connectivity index (χ3v) is 6.55. The predicted octanol–water partition coefficient (Wildman–Crippen LogP) is 2.15. The quantitative estimate of drug-likeness (QED) is 0.610. The second kappa shape index (κ2) is 6.07. The molecule has 0 spiro atoms. The van der Waals surface area contributed by atoms with E-state index in [0.29, 0.717) is 45.9 Å². The van der Waals surface area contributed by atoms with Gasteiger partial charge in [-0.05, 0) is 17.2 Å². The zero-order valence-corrected chi connectivity index (χ0v) is 17.0. The minimum absolute atomic E-state index is 0.0806. The lowest BCUT2D eigenvalue weighted by molar-refractivity contribution is 0.103. The van der Waals surface area contributed by atoms with Crippen molar-refractivity contribution in [2.45, 2.75) is 12.3 Å². The van der Waals surface area contributed by atoms with E-state index in [0.717, 1.165) is 15.7 Å². The van der Waals surface area contributed by atoms with Crippen molar-refractivity contribution in [1.82, 2.24) is 9.13 Å². The van der Waals surface area contributed by atoms with Gasteiger partial charge in [0.15, 0.2) is 17.3 Å². The van der Waals surface area contributed by atoms with Crippen molar-refractivity contribution in [3.05, 3.63) is 96.8 Å². The van der Waals surface area contributed by atoms with Crippen LogP contribution in [0.3, 0.4) is 0 Å². The van der Waals surface area contributed by atoms with Gasteiger partial charge < -0.3 is 9.47 Å². The monoisotopic (exact) mass is 414 g/mol. The number of allylic oxidation sites excluding steroid dienone is 2. The molecule has 6 rings (SSSR count). The lowest BCUT2D eigenvalue weighted by Gasteiger charge is -2.29. The number of rotatable bonds is 1. The van der Waals surface area contributed by atoms with Crippen LogP contribution in [0, 0.1) is 0 Å². The van der Waals surface area contributed by atoms with Crippen molar-refractivity contribution in [3.63, 3.8) is 0 Å². The van der Waals surface area contributed by atoms with E-state index < -0.39 is 11.5 Å². The van der Waals surface area contributed by atoms with Gasteiger partial charge in [-0.2, -0.15) is 0 Å². The fraction of sp³-hybridized carbons (Fsp3) is 0.208. The molecule has 2 heterocycles. The number of carbonyl (C=O) groups excluding carboxylic acids is 1. The van der Waals surface area contributed by atoms with E-state index in [1.54, 1.807) is 13.1 Å². The van der Waals surface area contributed by atoms with Crippen molar-refractivity contribution < 1.29 is 14.3 Å². The number of aromatic nitrogens is 2. The molecule has 0 fully saturated rings. The predicted molar refractivity (Wildman–Crippen MR) is 113 cm³/mol. The van der Waals surface area contributed by atoms with Crippen LogP contribution in [0.15, 0.2) is 57.6 Å². The van der Waals surface area contributed by atoms with Gasteiger partial charge in [-0.3, -0.25) is 18.7 Å². The SMILES string of the molecule is Cn1c2c(c(=O)n(C)c1=O)C(c1cccc3c1OCO3)C1=C(C2)c2ccccc2C1=O. The smallest absolute Gasteiger partial charge is 0.330 e. The maximum atomic E-state index is 13.6. The summed E-state index contributed by atoms with van der Waals surface area (Å²) in [5, 5.41) is 0. The Morgan fingerprint density at radius 1 is 0.903 bits per heavy atom. The fourth-order valence-corrected chi connectivity index (χ4v) is 5.09. The normalized spacial score (nSPS) is 18.1. The first kappa shape index (κ1) is 17.9. The van der Waals surface area contributed by atoms with Crippen molar-refractivity contribution in [3.8, 4) is 11.5 Å². The zero-order chi connectivity index (χ0) is 21.4. The molecule has 0 bridgehead atoms. The van der Waals surface area contributed by atoms with Crippen LogP contribution in [0.25, 0.3) is 5.57 Å². The number of carbonyl (C=O) groups is 1. The van der Waals surface area contributed by atoms with Crippen LogP contribution in [0.5, 0.6) is 11.5 Å². The van der Waals surface area contributed by atoms with Crippen molar-refractivity contribution in [2.75, 3.05) is 6.79 Å². The van der Waals surface area contributed by atoms with Gasteiger partial charge in [0.2, 0.25) is 6.79 Å². The van der Waals surface area contributed by atoms with Crippen LogP contribution in [0.4, 0.5) is 0 Å². The van der Waals surface area contributed by atoms with E-state index in [1.165, 1.54) is 11.6 Å². The summed E-state index contributed by atoms with van der Waals surface area (Å²) < 4.78 is 13.9. The summed E-state index contributed by atoms with van der Waals surface area (Å²) in [4.78, 5) is 39.6. The number of hydrogen-bond donors (Lipinski definition) is 0. The molecule has 3 aromatic rings. The van der Waals surface area contributed by atoms with Gasteiger partial charge in [-0.25, -0.2) is 4.79 Å². The highest BCUT2D eigenvalue weighted by Crippen LogP contribution is 2.51. The van der Waals surface area contributed by atoms with Gasteiger partial charge in [-0.1, -0.05) is 36.4 Å². The number of nitrogens with zero attached hydrogens (tertiary/aromatic N) is 2. The number of ketones is 1. The molecule has 7 nitrogen and oxygen atoms in total. The van der Waals surface area contributed by atoms with Crippen LogP contribution in [-0.2, 0) is 20.5 Å². The molecule has 0 N–H and O–H groups in total. The molecular weight excluding hydrogens is 396 g/mol. The van der Waals surface area contributed by atoms with E-state index in [9.17, 15) is 14.4 Å². The number of benzene rings is 2. The lowest BCUT2D eigenvalue weighted by atomic mass is 9.76. The summed E-state index contributed by atoms with van der Waals surface area (Å²) in [6.07, 6.45) is 0.345. The van der Waals surface area contributed by atoms with Gasteiger partial charge in [0, 0.05) is 54.4 Å². The van der Waals surface area contributed by atoms with Crippen LogP contribution >= 0.6 is 0 Å². The minimum atomic E-state index is -0.652. The molecule has 0 radical (unpaired) electrons. The third-order valence-electron chi connectivity index (χ3n) is 6.55. The third kappa shape index (κ3) is 2.20. The minimum Gasteiger partial charge on any atom is -0.454 e. The summed E-state index contributed by atoms with van der Waals surface area (Å²) in [6.45, 7) is 0.0806. The van der Waals surface area contributed by atoms with E-state index in [4.69, 9.17) is 9.47 Å². The highest BCUT2D eigenvalue weighted by molar-refractivity contribution is 6.22. The maximum absolute atomic E-state index is 13.6. The van der Waals surface area contributed by atoms with Gasteiger partial charge in [0.05, 0.1) is 0 Å². The molecule has 1 aliphatic heterocycles. The summed E-state index contributed by atoms with van der Waals surface area (Å²) >= 11 is 0. The standard InChI is InChI=1S/C24H18N2O5/c1-25-16-10-15-12-6-3-4-7-13(12)21(27)19(15)18(20(16)23(28)26(2)24(25)29)14-8-5-9-17-22(14)31-11-30-17/h3-9,18H,10-11H2,1-2H3. The molecule has 2 aliphatic carbocycles. The molecule has 1 aromatic heterocycles. The second-order valence-corrected chi connectivity index (χ2v) is 8.02. The molecule has 0 saturated carbocycles. The Morgan fingerprint density at radius 2 is 1.68 bits per heavy atom. The Balaban J connectivity index is 1.74. The van der Waals surface area contributed by atoms with Crippen molar-refractivity contribution in [1.29, 1.82) is 0 Å². The maximum Gasteiger partial charge on any atom is 0.330 e. The Bertz CT molecular complexity index is 1470. The van der Waals surface area contributed by atoms with Gasteiger partial charge in [-0.15, -0.1) is 0 Å². The van der Waals surface area contributed by atoms with Crippen molar-refractivity contribution in [2.24, 2.45) is 14.1 Å². The highest BCUT2D eigenvalue weighted by atomic mass is 16.7. The van der Waals surface area contributed by atoms with E-state index >= 15 is 0 Å². The van der Waals surface area contributed by atoms with Crippen LogP contribution < -0.4 is 20.7 Å². The number of hydrogen-bond acceptors (Lipinski definition) is 5. The van der Waals surface area contributed by atoms with E-state index in [2.05, 4.69) is 0 Å². The Hall–Kier alpha value is -3.87.